The van der Waals surface area contributed by atoms with Gasteiger partial charge in [0.25, 0.3) is 5.91 Å². The van der Waals surface area contributed by atoms with Gasteiger partial charge < -0.3 is 19.7 Å². The predicted octanol–water partition coefficient (Wildman–Crippen LogP) is 5.69. The van der Waals surface area contributed by atoms with Crippen molar-refractivity contribution in [3.05, 3.63) is 82.1 Å². The summed E-state index contributed by atoms with van der Waals surface area (Å²) in [7, 11) is 0. The molecule has 0 bridgehead atoms. The first-order valence-electron chi connectivity index (χ1n) is 12.2. The van der Waals surface area contributed by atoms with Crippen molar-refractivity contribution in [2.75, 3.05) is 37.8 Å². The standard InChI is InChI=1S/C28H24Cl2N4O3/c29-21-6-3-5-18(24(21)30)25-26-19(8-10-31-25)27(34-11-14-36-15-12-34)20(16-32-26)28(35)33-22-9-13-37-23-7-2-1-4-17(22)23/h1-8,10,16,22H,9,11-15H2,(H,33,35)/t22-/m0/s1. The largest absolute Gasteiger partial charge is 0.493 e. The summed E-state index contributed by atoms with van der Waals surface area (Å²) in [6.07, 6.45) is 4.05. The van der Waals surface area contributed by atoms with Crippen LogP contribution in [0.4, 0.5) is 5.69 Å². The predicted molar refractivity (Wildman–Crippen MR) is 145 cm³/mol. The number of nitrogens with zero attached hydrogens (tertiary/aromatic N) is 3. The molecule has 4 aromatic rings. The number of morpholine rings is 1. The summed E-state index contributed by atoms with van der Waals surface area (Å²) in [5, 5.41) is 4.91. The fourth-order valence-electron chi connectivity index (χ4n) is 5.02. The highest BCUT2D eigenvalue weighted by atomic mass is 35.5. The fraction of sp³-hybridized carbons (Fsp3) is 0.250. The molecular formula is C28H24Cl2N4O3. The van der Waals surface area contributed by atoms with Crippen molar-refractivity contribution in [3.8, 4) is 17.0 Å². The van der Waals surface area contributed by atoms with E-state index in [1.807, 2.05) is 42.5 Å². The second-order valence-corrected chi connectivity index (χ2v) is 9.76. The molecule has 2 aliphatic rings. The minimum atomic E-state index is -0.184. The molecule has 0 spiro atoms. The Balaban J connectivity index is 1.46. The highest BCUT2D eigenvalue weighted by Gasteiger charge is 2.28. The molecule has 2 aromatic carbocycles. The van der Waals surface area contributed by atoms with Gasteiger partial charge in [0.2, 0.25) is 0 Å². The number of hydrogen-bond donors (Lipinski definition) is 1. The Morgan fingerprint density at radius 3 is 2.70 bits per heavy atom. The number of pyridine rings is 2. The molecule has 0 unspecified atom stereocenters. The second-order valence-electron chi connectivity index (χ2n) is 8.98. The molecule has 1 amide bonds. The Labute approximate surface area is 224 Å². The zero-order chi connectivity index (χ0) is 25.4. The van der Waals surface area contributed by atoms with E-state index in [-0.39, 0.29) is 11.9 Å². The highest BCUT2D eigenvalue weighted by Crippen LogP contribution is 2.39. The molecule has 0 saturated carbocycles. The molecule has 7 nitrogen and oxygen atoms in total. The summed E-state index contributed by atoms with van der Waals surface area (Å²) in [5.41, 5.74) is 4.26. The first-order valence-corrected chi connectivity index (χ1v) is 12.9. The van der Waals surface area contributed by atoms with Crippen molar-refractivity contribution < 1.29 is 14.3 Å². The quantitative estimate of drug-likeness (QED) is 0.362. The summed E-state index contributed by atoms with van der Waals surface area (Å²) in [6, 6.07) is 15.0. The Kier molecular flexibility index (Phi) is 6.59. The number of amides is 1. The van der Waals surface area contributed by atoms with Gasteiger partial charge in [-0.15, -0.1) is 0 Å². The van der Waals surface area contributed by atoms with Crippen LogP contribution in [0.5, 0.6) is 5.75 Å². The molecule has 1 N–H and O–H groups in total. The van der Waals surface area contributed by atoms with Crippen molar-refractivity contribution in [1.82, 2.24) is 15.3 Å². The SMILES string of the molecule is O=C(N[C@H]1CCOc2ccccc21)c1cnc2c(-c3cccc(Cl)c3Cl)nccc2c1N1CCOCC1. The average Bonchev–Trinajstić information content (AvgIpc) is 2.94. The van der Waals surface area contributed by atoms with Crippen molar-refractivity contribution in [2.24, 2.45) is 0 Å². The summed E-state index contributed by atoms with van der Waals surface area (Å²) in [6.45, 7) is 3.03. The van der Waals surface area contributed by atoms with Crippen LogP contribution in [0.3, 0.4) is 0 Å². The van der Waals surface area contributed by atoms with Crippen LogP contribution in [0, 0.1) is 0 Å². The number of para-hydroxylation sites is 1. The number of aromatic nitrogens is 2. The number of rotatable bonds is 4. The zero-order valence-electron chi connectivity index (χ0n) is 19.9. The van der Waals surface area contributed by atoms with Gasteiger partial charge in [-0.05, 0) is 18.2 Å². The lowest BCUT2D eigenvalue weighted by atomic mass is 9.99. The minimum Gasteiger partial charge on any atom is -0.493 e. The van der Waals surface area contributed by atoms with Gasteiger partial charge in [-0.2, -0.15) is 0 Å². The van der Waals surface area contributed by atoms with Gasteiger partial charge >= 0.3 is 0 Å². The highest BCUT2D eigenvalue weighted by molar-refractivity contribution is 6.43. The lowest BCUT2D eigenvalue weighted by Crippen LogP contribution is -2.39. The summed E-state index contributed by atoms with van der Waals surface area (Å²) in [5.74, 6) is 0.620. The maximum atomic E-state index is 13.8. The van der Waals surface area contributed by atoms with Gasteiger partial charge in [-0.3, -0.25) is 14.8 Å². The fourth-order valence-corrected chi connectivity index (χ4v) is 5.41. The van der Waals surface area contributed by atoms with E-state index in [0.717, 1.165) is 22.4 Å². The summed E-state index contributed by atoms with van der Waals surface area (Å²) >= 11 is 12.8. The van der Waals surface area contributed by atoms with Crippen molar-refractivity contribution >= 4 is 45.7 Å². The second kappa shape index (κ2) is 10.2. The minimum absolute atomic E-state index is 0.149. The smallest absolute Gasteiger partial charge is 0.255 e. The topological polar surface area (TPSA) is 76.6 Å². The Hall–Kier alpha value is -3.39. The lowest BCUT2D eigenvalue weighted by Gasteiger charge is -2.32. The zero-order valence-corrected chi connectivity index (χ0v) is 21.4. The molecule has 1 saturated heterocycles. The number of halogens is 2. The summed E-state index contributed by atoms with van der Waals surface area (Å²) in [4.78, 5) is 25.3. The van der Waals surface area contributed by atoms with E-state index in [1.165, 1.54) is 0 Å². The Bertz CT molecular complexity index is 1490. The van der Waals surface area contributed by atoms with E-state index in [4.69, 9.17) is 37.7 Å². The molecule has 37 heavy (non-hydrogen) atoms. The molecule has 0 radical (unpaired) electrons. The lowest BCUT2D eigenvalue weighted by molar-refractivity contribution is 0.0923. The first kappa shape index (κ1) is 24.0. The van der Waals surface area contributed by atoms with Crippen molar-refractivity contribution in [3.63, 3.8) is 0 Å². The van der Waals surface area contributed by atoms with Gasteiger partial charge in [0.1, 0.15) is 5.75 Å². The van der Waals surface area contributed by atoms with Crippen LogP contribution < -0.4 is 15.0 Å². The number of carbonyl (C=O) groups excluding carboxylic acids is 1. The number of nitrogens with one attached hydrogen (secondary N) is 1. The third-order valence-corrected chi connectivity index (χ3v) is 7.62. The molecular weight excluding hydrogens is 511 g/mol. The van der Waals surface area contributed by atoms with Crippen LogP contribution in [0.2, 0.25) is 10.0 Å². The number of benzene rings is 2. The van der Waals surface area contributed by atoms with Crippen molar-refractivity contribution in [1.29, 1.82) is 0 Å². The van der Waals surface area contributed by atoms with Gasteiger partial charge in [0, 0.05) is 48.4 Å². The van der Waals surface area contributed by atoms with Crippen LogP contribution in [0.15, 0.2) is 60.9 Å². The molecule has 4 heterocycles. The van der Waals surface area contributed by atoms with E-state index in [2.05, 4.69) is 15.2 Å². The van der Waals surface area contributed by atoms with Crippen molar-refractivity contribution in [2.45, 2.75) is 12.5 Å². The number of anilines is 1. The third-order valence-electron chi connectivity index (χ3n) is 6.80. The number of fused-ring (bicyclic) bond motifs is 2. The van der Waals surface area contributed by atoms with Gasteiger partial charge in [0.15, 0.2) is 0 Å². The van der Waals surface area contributed by atoms with E-state index in [0.29, 0.717) is 71.7 Å². The van der Waals surface area contributed by atoms with Gasteiger partial charge in [-0.1, -0.05) is 53.5 Å². The molecule has 1 atom stereocenters. The maximum absolute atomic E-state index is 13.8. The van der Waals surface area contributed by atoms with Crippen LogP contribution >= 0.6 is 23.2 Å². The monoisotopic (exact) mass is 534 g/mol. The van der Waals surface area contributed by atoms with Crippen LogP contribution in [-0.2, 0) is 4.74 Å². The van der Waals surface area contributed by atoms with Crippen LogP contribution in [0.25, 0.3) is 22.2 Å². The van der Waals surface area contributed by atoms with Crippen LogP contribution in [0.1, 0.15) is 28.4 Å². The molecule has 0 aliphatic carbocycles. The van der Waals surface area contributed by atoms with E-state index in [9.17, 15) is 4.79 Å². The van der Waals surface area contributed by atoms with E-state index >= 15 is 0 Å². The normalized spacial score (nSPS) is 17.2. The Morgan fingerprint density at radius 1 is 1.00 bits per heavy atom. The molecule has 2 aliphatic heterocycles. The van der Waals surface area contributed by atoms with Gasteiger partial charge in [-0.25, -0.2) is 0 Å². The van der Waals surface area contributed by atoms with E-state index in [1.54, 1.807) is 18.5 Å². The molecule has 188 valence electrons. The maximum Gasteiger partial charge on any atom is 0.255 e. The number of ether oxygens (including phenoxy) is 2. The number of hydrogen-bond acceptors (Lipinski definition) is 6. The Morgan fingerprint density at radius 2 is 1.84 bits per heavy atom. The summed E-state index contributed by atoms with van der Waals surface area (Å²) < 4.78 is 11.4. The van der Waals surface area contributed by atoms with E-state index < -0.39 is 0 Å². The third kappa shape index (κ3) is 4.48. The average molecular weight is 535 g/mol. The molecule has 2 aromatic heterocycles. The first-order chi connectivity index (χ1) is 18.1. The molecule has 9 heteroatoms. The molecule has 6 rings (SSSR count). The van der Waals surface area contributed by atoms with Crippen LogP contribution in [-0.4, -0.2) is 48.8 Å². The van der Waals surface area contributed by atoms with Gasteiger partial charge in [0.05, 0.1) is 58.4 Å². The number of carbonyl (C=O) groups is 1. The molecule has 1 fully saturated rings.